The predicted octanol–water partition coefficient (Wildman–Crippen LogP) is 2.40. The van der Waals surface area contributed by atoms with Gasteiger partial charge in [0, 0.05) is 18.6 Å². The van der Waals surface area contributed by atoms with E-state index in [0.717, 1.165) is 25.9 Å². The van der Waals surface area contributed by atoms with Gasteiger partial charge in [0.1, 0.15) is 0 Å². The Kier molecular flexibility index (Phi) is 5.47. The molecular weight excluding hydrogens is 200 g/mol. The molecule has 0 aromatic heterocycles. The van der Waals surface area contributed by atoms with Crippen molar-refractivity contribution in [2.45, 2.75) is 59.9 Å². The van der Waals surface area contributed by atoms with E-state index in [0.29, 0.717) is 0 Å². The highest BCUT2D eigenvalue weighted by molar-refractivity contribution is 5.83. The number of nitrogens with two attached hydrogens (primary N) is 1. The first-order valence-electron chi connectivity index (χ1n) is 6.26. The molecule has 0 aliphatic heterocycles. The summed E-state index contributed by atoms with van der Waals surface area (Å²) in [5.41, 5.74) is 5.07. The minimum absolute atomic E-state index is 0.163. The van der Waals surface area contributed by atoms with Crippen LogP contribution in [0.3, 0.4) is 0 Å². The van der Waals surface area contributed by atoms with Crippen LogP contribution in [0, 0.1) is 5.41 Å². The molecule has 2 N–H and O–H groups in total. The summed E-state index contributed by atoms with van der Waals surface area (Å²) in [5, 5.41) is 0. The van der Waals surface area contributed by atoms with Crippen LogP contribution in [-0.4, -0.2) is 29.4 Å². The van der Waals surface area contributed by atoms with Crippen LogP contribution in [0.15, 0.2) is 0 Å². The van der Waals surface area contributed by atoms with Crippen molar-refractivity contribution < 1.29 is 4.79 Å². The van der Waals surface area contributed by atoms with Crippen LogP contribution in [0.25, 0.3) is 0 Å². The quantitative estimate of drug-likeness (QED) is 0.759. The molecule has 3 heteroatoms. The van der Waals surface area contributed by atoms with Crippen molar-refractivity contribution in [1.82, 2.24) is 4.90 Å². The highest BCUT2D eigenvalue weighted by atomic mass is 16.2. The average Bonchev–Trinajstić information content (AvgIpc) is 2.16. The van der Waals surface area contributed by atoms with Crippen molar-refractivity contribution in [3.63, 3.8) is 0 Å². The number of hydrogen-bond donors (Lipinski definition) is 1. The summed E-state index contributed by atoms with van der Waals surface area (Å²) in [7, 11) is 0. The normalized spacial score (nSPS) is 12.7. The van der Waals surface area contributed by atoms with Gasteiger partial charge >= 0.3 is 0 Å². The van der Waals surface area contributed by atoms with E-state index < -0.39 is 11.0 Å². The molecule has 0 aliphatic carbocycles. The van der Waals surface area contributed by atoms with Gasteiger partial charge in [-0.05, 0) is 41.0 Å². The molecule has 3 nitrogen and oxygen atoms in total. The number of carbonyl (C=O) groups is 1. The van der Waals surface area contributed by atoms with E-state index in [2.05, 4.69) is 6.92 Å². The van der Waals surface area contributed by atoms with Crippen molar-refractivity contribution >= 4 is 5.91 Å². The molecule has 0 spiro atoms. The molecular formula is C13H28N2O. The summed E-state index contributed by atoms with van der Waals surface area (Å²) in [5.74, 6) is 0.163. The van der Waals surface area contributed by atoms with Crippen molar-refractivity contribution in [1.29, 1.82) is 0 Å². The molecule has 0 aliphatic rings. The van der Waals surface area contributed by atoms with Crippen LogP contribution < -0.4 is 5.73 Å². The summed E-state index contributed by atoms with van der Waals surface area (Å²) in [6, 6.07) is 0. The van der Waals surface area contributed by atoms with Crippen molar-refractivity contribution in [3.05, 3.63) is 0 Å². The molecule has 16 heavy (non-hydrogen) atoms. The standard InChI is InChI=1S/C13H28N2O/c1-7-9-10-15(8-2)11(16)12(3,4)13(5,6)14/h7-10,14H2,1-6H3. The molecule has 0 heterocycles. The predicted molar refractivity (Wildman–Crippen MR) is 69.2 cm³/mol. The van der Waals surface area contributed by atoms with Crippen LogP contribution in [0.2, 0.25) is 0 Å². The summed E-state index contributed by atoms with van der Waals surface area (Å²) in [6.45, 7) is 13.5. The lowest BCUT2D eigenvalue weighted by Gasteiger charge is -2.40. The Bertz CT molecular complexity index is 229. The van der Waals surface area contributed by atoms with Gasteiger partial charge in [0.05, 0.1) is 5.41 Å². The topological polar surface area (TPSA) is 46.3 Å². The first-order valence-corrected chi connectivity index (χ1v) is 6.26. The van der Waals surface area contributed by atoms with Crippen LogP contribution in [-0.2, 0) is 4.79 Å². The van der Waals surface area contributed by atoms with E-state index in [-0.39, 0.29) is 5.91 Å². The highest BCUT2D eigenvalue weighted by Crippen LogP contribution is 2.30. The molecule has 0 aromatic rings. The molecule has 0 bridgehead atoms. The second-order valence-corrected chi connectivity index (χ2v) is 5.59. The fraction of sp³-hybridized carbons (Fsp3) is 0.923. The number of hydrogen-bond acceptors (Lipinski definition) is 2. The van der Waals surface area contributed by atoms with Gasteiger partial charge in [0.2, 0.25) is 5.91 Å². The largest absolute Gasteiger partial charge is 0.342 e. The number of carbonyl (C=O) groups excluding carboxylic acids is 1. The third-order valence-electron chi connectivity index (χ3n) is 3.60. The van der Waals surface area contributed by atoms with Crippen LogP contribution in [0.1, 0.15) is 54.4 Å². The van der Waals surface area contributed by atoms with Crippen LogP contribution >= 0.6 is 0 Å². The molecule has 0 aromatic carbocycles. The Hall–Kier alpha value is -0.570. The van der Waals surface area contributed by atoms with Gasteiger partial charge in [-0.3, -0.25) is 4.79 Å². The van der Waals surface area contributed by atoms with Gasteiger partial charge < -0.3 is 10.6 Å². The lowest BCUT2D eigenvalue weighted by molar-refractivity contribution is -0.143. The van der Waals surface area contributed by atoms with Crippen molar-refractivity contribution in [3.8, 4) is 0 Å². The molecule has 0 atom stereocenters. The second kappa shape index (κ2) is 5.67. The van der Waals surface area contributed by atoms with E-state index >= 15 is 0 Å². The zero-order valence-corrected chi connectivity index (χ0v) is 11.8. The first kappa shape index (κ1) is 15.4. The number of rotatable bonds is 6. The zero-order chi connectivity index (χ0) is 13.0. The summed E-state index contributed by atoms with van der Waals surface area (Å²) in [4.78, 5) is 14.3. The minimum Gasteiger partial charge on any atom is -0.342 e. The number of amides is 1. The summed E-state index contributed by atoms with van der Waals surface area (Å²) >= 11 is 0. The Morgan fingerprint density at radius 1 is 1.19 bits per heavy atom. The lowest BCUT2D eigenvalue weighted by Crippen LogP contribution is -2.56. The SMILES string of the molecule is CCCCN(CC)C(=O)C(C)(C)C(C)(C)N. The molecule has 0 saturated carbocycles. The van der Waals surface area contributed by atoms with Gasteiger partial charge in [0.15, 0.2) is 0 Å². The maximum atomic E-state index is 12.4. The molecule has 1 amide bonds. The van der Waals surface area contributed by atoms with E-state index in [1.165, 1.54) is 0 Å². The Morgan fingerprint density at radius 2 is 1.69 bits per heavy atom. The summed E-state index contributed by atoms with van der Waals surface area (Å²) < 4.78 is 0. The fourth-order valence-corrected chi connectivity index (χ4v) is 1.42. The molecule has 0 radical (unpaired) electrons. The lowest BCUT2D eigenvalue weighted by atomic mass is 9.74. The Morgan fingerprint density at radius 3 is 2.00 bits per heavy atom. The molecule has 96 valence electrons. The maximum Gasteiger partial charge on any atom is 0.230 e. The maximum absolute atomic E-state index is 12.4. The Balaban J connectivity index is 4.74. The highest BCUT2D eigenvalue weighted by Gasteiger charge is 2.42. The van der Waals surface area contributed by atoms with Gasteiger partial charge in [-0.1, -0.05) is 13.3 Å². The monoisotopic (exact) mass is 228 g/mol. The fourth-order valence-electron chi connectivity index (χ4n) is 1.42. The number of unbranched alkanes of at least 4 members (excludes halogenated alkanes) is 1. The molecule has 0 rings (SSSR count). The van der Waals surface area contributed by atoms with Crippen molar-refractivity contribution in [2.75, 3.05) is 13.1 Å². The number of nitrogens with zero attached hydrogens (tertiary/aromatic N) is 1. The second-order valence-electron chi connectivity index (χ2n) is 5.59. The minimum atomic E-state index is -0.517. The van der Waals surface area contributed by atoms with Crippen LogP contribution in [0.4, 0.5) is 0 Å². The summed E-state index contributed by atoms with van der Waals surface area (Å²) in [6.07, 6.45) is 2.16. The van der Waals surface area contributed by atoms with Gasteiger partial charge in [-0.25, -0.2) is 0 Å². The van der Waals surface area contributed by atoms with Gasteiger partial charge in [-0.15, -0.1) is 0 Å². The van der Waals surface area contributed by atoms with E-state index in [1.54, 1.807) is 0 Å². The molecule has 0 unspecified atom stereocenters. The van der Waals surface area contributed by atoms with Gasteiger partial charge in [0.25, 0.3) is 0 Å². The van der Waals surface area contributed by atoms with E-state index in [1.807, 2.05) is 39.5 Å². The third kappa shape index (κ3) is 3.48. The third-order valence-corrected chi connectivity index (χ3v) is 3.60. The van der Waals surface area contributed by atoms with E-state index in [9.17, 15) is 4.79 Å². The smallest absolute Gasteiger partial charge is 0.230 e. The average molecular weight is 228 g/mol. The van der Waals surface area contributed by atoms with Crippen LogP contribution in [0.5, 0.6) is 0 Å². The van der Waals surface area contributed by atoms with E-state index in [4.69, 9.17) is 5.73 Å². The first-order chi connectivity index (χ1) is 7.18. The van der Waals surface area contributed by atoms with Gasteiger partial charge in [-0.2, -0.15) is 0 Å². The molecule has 0 fully saturated rings. The Labute approximate surface area is 100 Å². The zero-order valence-electron chi connectivity index (χ0n) is 11.8. The molecule has 0 saturated heterocycles. The van der Waals surface area contributed by atoms with Crippen molar-refractivity contribution in [2.24, 2.45) is 11.1 Å².